The first-order valence-electron chi connectivity index (χ1n) is 6.59. The molecular formula is C15H14ClN5O. The highest BCUT2D eigenvalue weighted by molar-refractivity contribution is 6.30. The van der Waals surface area contributed by atoms with Gasteiger partial charge in [0.1, 0.15) is 11.6 Å². The number of anilines is 2. The summed E-state index contributed by atoms with van der Waals surface area (Å²) in [6.07, 6.45) is 0. The van der Waals surface area contributed by atoms with Crippen LogP contribution in [0.3, 0.4) is 0 Å². The third-order valence-electron chi connectivity index (χ3n) is 3.36. The van der Waals surface area contributed by atoms with Crippen LogP contribution in [0.5, 0.6) is 0 Å². The van der Waals surface area contributed by atoms with E-state index < -0.39 is 0 Å². The van der Waals surface area contributed by atoms with E-state index in [4.69, 9.17) is 27.6 Å². The molecule has 0 bridgehead atoms. The van der Waals surface area contributed by atoms with E-state index in [1.807, 2.05) is 26.0 Å². The third kappa shape index (κ3) is 2.37. The summed E-state index contributed by atoms with van der Waals surface area (Å²) < 4.78 is 5.23. The number of hydrogen-bond acceptors (Lipinski definition) is 6. The minimum absolute atomic E-state index is 0.102. The fraction of sp³-hybridized carbons (Fsp3) is 0.133. The molecule has 0 saturated heterocycles. The Kier molecular flexibility index (Phi) is 3.46. The van der Waals surface area contributed by atoms with E-state index in [1.54, 1.807) is 12.1 Å². The SMILES string of the molecule is Cc1noc(C)c1-c1nc(N)nc(N)c1-c1ccc(Cl)cc1. The van der Waals surface area contributed by atoms with Crippen LogP contribution in [0, 0.1) is 13.8 Å². The molecule has 1 aromatic carbocycles. The second-order valence-electron chi connectivity index (χ2n) is 4.90. The minimum Gasteiger partial charge on any atom is -0.383 e. The highest BCUT2D eigenvalue weighted by atomic mass is 35.5. The van der Waals surface area contributed by atoms with Crippen molar-refractivity contribution in [1.29, 1.82) is 0 Å². The molecule has 0 unspecified atom stereocenters. The summed E-state index contributed by atoms with van der Waals surface area (Å²) in [7, 11) is 0. The Morgan fingerprint density at radius 3 is 2.27 bits per heavy atom. The average molecular weight is 316 g/mol. The quantitative estimate of drug-likeness (QED) is 0.752. The van der Waals surface area contributed by atoms with Crippen molar-refractivity contribution in [3.63, 3.8) is 0 Å². The lowest BCUT2D eigenvalue weighted by molar-refractivity contribution is 0.393. The van der Waals surface area contributed by atoms with E-state index in [0.29, 0.717) is 33.6 Å². The first-order chi connectivity index (χ1) is 10.5. The van der Waals surface area contributed by atoms with Gasteiger partial charge in [-0.1, -0.05) is 28.9 Å². The van der Waals surface area contributed by atoms with Crippen molar-refractivity contribution >= 4 is 23.4 Å². The number of aromatic nitrogens is 3. The maximum atomic E-state index is 6.08. The summed E-state index contributed by atoms with van der Waals surface area (Å²) in [5.74, 6) is 1.04. The van der Waals surface area contributed by atoms with Gasteiger partial charge in [-0.15, -0.1) is 0 Å². The Balaban J connectivity index is 2.32. The molecule has 0 spiro atoms. The number of hydrogen-bond donors (Lipinski definition) is 2. The van der Waals surface area contributed by atoms with E-state index in [2.05, 4.69) is 15.1 Å². The molecule has 3 aromatic rings. The number of benzene rings is 1. The van der Waals surface area contributed by atoms with Crippen LogP contribution in [0.1, 0.15) is 11.5 Å². The first-order valence-corrected chi connectivity index (χ1v) is 6.97. The topological polar surface area (TPSA) is 104 Å². The Hall–Kier alpha value is -2.60. The summed E-state index contributed by atoms with van der Waals surface area (Å²) in [6, 6.07) is 7.28. The fourth-order valence-corrected chi connectivity index (χ4v) is 2.53. The van der Waals surface area contributed by atoms with Crippen molar-refractivity contribution in [3.05, 3.63) is 40.7 Å². The van der Waals surface area contributed by atoms with Gasteiger partial charge in [0, 0.05) is 5.02 Å². The average Bonchev–Trinajstić information content (AvgIpc) is 2.79. The predicted molar refractivity (Wildman–Crippen MR) is 86.3 cm³/mol. The molecule has 0 aliphatic heterocycles. The number of aryl methyl sites for hydroxylation is 2. The standard InChI is InChI=1S/C15H14ClN5O/c1-7-11(8(2)22-21-7)13-12(14(17)20-15(18)19-13)9-3-5-10(16)6-4-9/h3-6H,1-2H3,(H4,17,18,19,20). The van der Waals surface area contributed by atoms with E-state index >= 15 is 0 Å². The van der Waals surface area contributed by atoms with E-state index in [9.17, 15) is 0 Å². The Labute approximate surface area is 132 Å². The molecular weight excluding hydrogens is 302 g/mol. The zero-order chi connectivity index (χ0) is 15.9. The number of nitrogens with two attached hydrogens (primary N) is 2. The van der Waals surface area contributed by atoms with E-state index in [0.717, 1.165) is 11.1 Å². The van der Waals surface area contributed by atoms with Gasteiger partial charge in [0.2, 0.25) is 5.95 Å². The maximum absolute atomic E-state index is 6.08. The van der Waals surface area contributed by atoms with Gasteiger partial charge in [-0.25, -0.2) is 4.98 Å². The summed E-state index contributed by atoms with van der Waals surface area (Å²) in [6.45, 7) is 3.65. The zero-order valence-corrected chi connectivity index (χ0v) is 12.8. The molecule has 22 heavy (non-hydrogen) atoms. The normalized spacial score (nSPS) is 10.9. The van der Waals surface area contributed by atoms with Crippen LogP contribution in [0.2, 0.25) is 5.02 Å². The van der Waals surface area contributed by atoms with Crippen LogP contribution in [-0.2, 0) is 0 Å². The molecule has 0 amide bonds. The Bertz CT molecular complexity index is 822. The zero-order valence-electron chi connectivity index (χ0n) is 12.1. The predicted octanol–water partition coefficient (Wildman–Crippen LogP) is 3.23. The monoisotopic (exact) mass is 315 g/mol. The van der Waals surface area contributed by atoms with Crippen LogP contribution in [0.25, 0.3) is 22.4 Å². The summed E-state index contributed by atoms with van der Waals surface area (Å²) in [5.41, 5.74) is 15.5. The molecule has 0 aliphatic rings. The van der Waals surface area contributed by atoms with Gasteiger partial charge in [-0.3, -0.25) is 0 Å². The lowest BCUT2D eigenvalue weighted by atomic mass is 9.99. The molecule has 7 heteroatoms. The molecule has 0 aliphatic carbocycles. The van der Waals surface area contributed by atoms with Crippen molar-refractivity contribution in [1.82, 2.24) is 15.1 Å². The molecule has 6 nitrogen and oxygen atoms in total. The summed E-state index contributed by atoms with van der Waals surface area (Å²) >= 11 is 5.95. The molecule has 4 N–H and O–H groups in total. The maximum Gasteiger partial charge on any atom is 0.222 e. The summed E-state index contributed by atoms with van der Waals surface area (Å²) in [4.78, 5) is 8.41. The smallest absolute Gasteiger partial charge is 0.222 e. The molecule has 2 heterocycles. The fourth-order valence-electron chi connectivity index (χ4n) is 2.40. The molecule has 3 rings (SSSR count). The lowest BCUT2D eigenvalue weighted by Gasteiger charge is -2.12. The van der Waals surface area contributed by atoms with Crippen LogP contribution in [0.4, 0.5) is 11.8 Å². The van der Waals surface area contributed by atoms with Crippen molar-refractivity contribution in [2.24, 2.45) is 0 Å². The van der Waals surface area contributed by atoms with Gasteiger partial charge >= 0.3 is 0 Å². The molecule has 112 valence electrons. The van der Waals surface area contributed by atoms with Gasteiger partial charge in [0.15, 0.2) is 0 Å². The van der Waals surface area contributed by atoms with Crippen LogP contribution in [-0.4, -0.2) is 15.1 Å². The van der Waals surface area contributed by atoms with Gasteiger partial charge in [-0.05, 0) is 31.5 Å². The molecule has 0 atom stereocenters. The molecule has 2 aromatic heterocycles. The molecule has 0 fully saturated rings. The Morgan fingerprint density at radius 1 is 1.00 bits per heavy atom. The van der Waals surface area contributed by atoms with Gasteiger partial charge in [0.05, 0.1) is 22.5 Å². The number of nitrogen functional groups attached to an aromatic ring is 2. The minimum atomic E-state index is 0.102. The second-order valence-corrected chi connectivity index (χ2v) is 5.33. The van der Waals surface area contributed by atoms with Crippen molar-refractivity contribution < 1.29 is 4.52 Å². The number of nitrogens with zero attached hydrogens (tertiary/aromatic N) is 3. The molecule has 0 radical (unpaired) electrons. The van der Waals surface area contributed by atoms with Gasteiger partial charge in [-0.2, -0.15) is 4.98 Å². The summed E-state index contributed by atoms with van der Waals surface area (Å²) in [5, 5.41) is 4.60. The van der Waals surface area contributed by atoms with E-state index in [-0.39, 0.29) is 5.95 Å². The second kappa shape index (κ2) is 5.31. The van der Waals surface area contributed by atoms with Gasteiger partial charge < -0.3 is 16.0 Å². The third-order valence-corrected chi connectivity index (χ3v) is 3.61. The van der Waals surface area contributed by atoms with Crippen LogP contribution < -0.4 is 11.5 Å². The van der Waals surface area contributed by atoms with Crippen molar-refractivity contribution in [2.75, 3.05) is 11.5 Å². The number of rotatable bonds is 2. The Morgan fingerprint density at radius 2 is 1.68 bits per heavy atom. The lowest BCUT2D eigenvalue weighted by Crippen LogP contribution is -2.05. The highest BCUT2D eigenvalue weighted by Gasteiger charge is 2.21. The first kappa shape index (κ1) is 14.3. The molecule has 0 saturated carbocycles. The van der Waals surface area contributed by atoms with E-state index in [1.165, 1.54) is 0 Å². The number of halogens is 1. The highest BCUT2D eigenvalue weighted by Crippen LogP contribution is 2.37. The van der Waals surface area contributed by atoms with Crippen LogP contribution >= 0.6 is 11.6 Å². The largest absolute Gasteiger partial charge is 0.383 e. The van der Waals surface area contributed by atoms with Crippen LogP contribution in [0.15, 0.2) is 28.8 Å². The van der Waals surface area contributed by atoms with Crippen molar-refractivity contribution in [3.8, 4) is 22.4 Å². The van der Waals surface area contributed by atoms with Gasteiger partial charge in [0.25, 0.3) is 0 Å². The van der Waals surface area contributed by atoms with Crippen molar-refractivity contribution in [2.45, 2.75) is 13.8 Å².